The number of alkyl halides is 3. The topological polar surface area (TPSA) is 71.9 Å². The number of aromatic nitrogens is 1. The number of rotatable bonds is 3. The van der Waals surface area contributed by atoms with E-state index in [0.717, 1.165) is 12.1 Å². The molecule has 1 aromatic carbocycles. The SMILES string of the molecule is O=C(Oc1ccc(Oc2ccc(C(F)(F)F)cn2)cc1)N1CCCC(O)C1. The summed E-state index contributed by atoms with van der Waals surface area (Å²) in [6.45, 7) is 0.760. The van der Waals surface area contributed by atoms with Crippen LogP contribution in [0.5, 0.6) is 17.4 Å². The lowest BCUT2D eigenvalue weighted by atomic mass is 10.1. The summed E-state index contributed by atoms with van der Waals surface area (Å²) < 4.78 is 48.1. The molecule has 0 spiro atoms. The molecule has 9 heteroatoms. The molecule has 2 aromatic rings. The lowest BCUT2D eigenvalue weighted by molar-refractivity contribution is -0.137. The van der Waals surface area contributed by atoms with Crippen LogP contribution in [0, 0.1) is 0 Å². The van der Waals surface area contributed by atoms with Crippen LogP contribution in [0.4, 0.5) is 18.0 Å². The first-order valence-corrected chi connectivity index (χ1v) is 8.27. The van der Waals surface area contributed by atoms with Gasteiger partial charge in [-0.2, -0.15) is 13.2 Å². The van der Waals surface area contributed by atoms with Crippen LogP contribution in [0.15, 0.2) is 42.6 Å². The molecule has 0 aliphatic carbocycles. The molecule has 0 saturated carbocycles. The number of halogens is 3. The van der Waals surface area contributed by atoms with Crippen molar-refractivity contribution >= 4 is 6.09 Å². The van der Waals surface area contributed by atoms with E-state index < -0.39 is 23.9 Å². The van der Waals surface area contributed by atoms with Gasteiger partial charge < -0.3 is 19.5 Å². The van der Waals surface area contributed by atoms with E-state index in [-0.39, 0.29) is 18.2 Å². The fourth-order valence-corrected chi connectivity index (χ4v) is 2.59. The van der Waals surface area contributed by atoms with Gasteiger partial charge in [-0.1, -0.05) is 0 Å². The van der Waals surface area contributed by atoms with Crippen LogP contribution < -0.4 is 9.47 Å². The zero-order chi connectivity index (χ0) is 19.4. The summed E-state index contributed by atoms with van der Waals surface area (Å²) in [4.78, 5) is 17.1. The minimum absolute atomic E-state index is 0.00930. The van der Waals surface area contributed by atoms with Crippen molar-refractivity contribution in [1.82, 2.24) is 9.88 Å². The smallest absolute Gasteiger partial charge is 0.417 e. The fourth-order valence-electron chi connectivity index (χ4n) is 2.59. The number of piperidine rings is 1. The third kappa shape index (κ3) is 5.10. The molecule has 6 nitrogen and oxygen atoms in total. The number of likely N-dealkylation sites (tertiary alicyclic amines) is 1. The highest BCUT2D eigenvalue weighted by Gasteiger charge is 2.30. The molecule has 0 bridgehead atoms. The Morgan fingerprint density at radius 2 is 1.85 bits per heavy atom. The maximum absolute atomic E-state index is 12.5. The summed E-state index contributed by atoms with van der Waals surface area (Å²) in [5.41, 5.74) is -0.861. The van der Waals surface area contributed by atoms with Gasteiger partial charge in [0.05, 0.1) is 11.7 Å². The van der Waals surface area contributed by atoms with Crippen molar-refractivity contribution in [1.29, 1.82) is 0 Å². The largest absolute Gasteiger partial charge is 0.439 e. The highest BCUT2D eigenvalue weighted by molar-refractivity contribution is 5.70. The molecule has 144 valence electrons. The van der Waals surface area contributed by atoms with Crippen LogP contribution >= 0.6 is 0 Å². The number of carbonyl (C=O) groups excluding carboxylic acids is 1. The number of pyridine rings is 1. The van der Waals surface area contributed by atoms with Crippen molar-refractivity contribution in [2.24, 2.45) is 0 Å². The molecule has 1 aromatic heterocycles. The number of aliphatic hydroxyl groups excluding tert-OH is 1. The Morgan fingerprint density at radius 3 is 2.44 bits per heavy atom. The van der Waals surface area contributed by atoms with Gasteiger partial charge in [-0.3, -0.25) is 0 Å². The molecule has 3 rings (SSSR count). The molecule has 1 aliphatic rings. The lowest BCUT2D eigenvalue weighted by Crippen LogP contribution is -2.43. The van der Waals surface area contributed by atoms with Gasteiger partial charge in [0.15, 0.2) is 0 Å². The van der Waals surface area contributed by atoms with Gasteiger partial charge in [-0.05, 0) is 43.2 Å². The van der Waals surface area contributed by atoms with Gasteiger partial charge in [0.2, 0.25) is 5.88 Å². The molecule has 1 N–H and O–H groups in total. The van der Waals surface area contributed by atoms with Gasteiger partial charge in [-0.15, -0.1) is 0 Å². The number of carbonyl (C=O) groups is 1. The number of ether oxygens (including phenoxy) is 2. The first-order valence-electron chi connectivity index (χ1n) is 8.27. The number of nitrogens with zero attached hydrogens (tertiary/aromatic N) is 2. The quantitative estimate of drug-likeness (QED) is 0.873. The molecule has 0 radical (unpaired) electrons. The molecule has 2 heterocycles. The first-order chi connectivity index (χ1) is 12.8. The van der Waals surface area contributed by atoms with E-state index >= 15 is 0 Å². The Kier molecular flexibility index (Phi) is 5.50. The van der Waals surface area contributed by atoms with E-state index in [9.17, 15) is 23.1 Å². The standard InChI is InChI=1S/C18H17F3N2O4/c19-18(20,21)12-3-8-16(22-10-12)26-14-4-6-15(7-5-14)27-17(25)23-9-1-2-13(24)11-23/h3-8,10,13,24H,1-2,9,11H2. The summed E-state index contributed by atoms with van der Waals surface area (Å²) in [5, 5.41) is 9.60. The second kappa shape index (κ2) is 7.83. The Bertz CT molecular complexity index is 779. The number of benzene rings is 1. The van der Waals surface area contributed by atoms with Crippen LogP contribution in [0.3, 0.4) is 0 Å². The molecule has 27 heavy (non-hydrogen) atoms. The number of aliphatic hydroxyl groups is 1. The molecule has 1 aliphatic heterocycles. The maximum Gasteiger partial charge on any atom is 0.417 e. The Balaban J connectivity index is 1.58. The van der Waals surface area contributed by atoms with Crippen molar-refractivity contribution in [2.45, 2.75) is 25.1 Å². The monoisotopic (exact) mass is 382 g/mol. The normalized spacial score (nSPS) is 17.5. The number of hydrogen-bond donors (Lipinski definition) is 1. The fraction of sp³-hybridized carbons (Fsp3) is 0.333. The molecule has 1 amide bonds. The van der Waals surface area contributed by atoms with E-state index in [2.05, 4.69) is 4.98 Å². The second-order valence-corrected chi connectivity index (χ2v) is 6.07. The number of amides is 1. The van der Waals surface area contributed by atoms with Crippen molar-refractivity contribution in [2.75, 3.05) is 13.1 Å². The van der Waals surface area contributed by atoms with Crippen molar-refractivity contribution < 1.29 is 32.5 Å². The highest BCUT2D eigenvalue weighted by Crippen LogP contribution is 2.30. The number of β-amino-alcohol motifs (C(OH)–C–C–N with tert-alkyl or cyclic N) is 1. The van der Waals surface area contributed by atoms with E-state index in [4.69, 9.17) is 9.47 Å². The van der Waals surface area contributed by atoms with Crippen molar-refractivity contribution in [3.63, 3.8) is 0 Å². The summed E-state index contributed by atoms with van der Waals surface area (Å²) in [6, 6.07) is 8.01. The Hall–Kier alpha value is -2.81. The van der Waals surface area contributed by atoms with E-state index in [0.29, 0.717) is 31.3 Å². The average Bonchev–Trinajstić information content (AvgIpc) is 2.63. The van der Waals surface area contributed by atoms with Gasteiger partial charge in [-0.25, -0.2) is 9.78 Å². The molecular weight excluding hydrogens is 365 g/mol. The molecule has 1 saturated heterocycles. The lowest BCUT2D eigenvalue weighted by Gasteiger charge is -2.29. The van der Waals surface area contributed by atoms with Gasteiger partial charge in [0, 0.05) is 25.4 Å². The van der Waals surface area contributed by atoms with Crippen LogP contribution in [0.25, 0.3) is 0 Å². The van der Waals surface area contributed by atoms with Crippen LogP contribution in [0.2, 0.25) is 0 Å². The molecule has 1 atom stereocenters. The zero-order valence-electron chi connectivity index (χ0n) is 14.1. The third-order valence-corrected chi connectivity index (χ3v) is 3.97. The Labute approximate surface area is 153 Å². The first kappa shape index (κ1) is 19.0. The van der Waals surface area contributed by atoms with Gasteiger partial charge in [0.25, 0.3) is 0 Å². The van der Waals surface area contributed by atoms with Crippen LogP contribution in [-0.4, -0.2) is 40.3 Å². The summed E-state index contributed by atoms with van der Waals surface area (Å²) >= 11 is 0. The molecular formula is C18H17F3N2O4. The summed E-state index contributed by atoms with van der Waals surface area (Å²) in [7, 11) is 0. The second-order valence-electron chi connectivity index (χ2n) is 6.07. The Morgan fingerprint density at radius 1 is 1.15 bits per heavy atom. The predicted molar refractivity (Wildman–Crippen MR) is 88.6 cm³/mol. The minimum atomic E-state index is -4.46. The van der Waals surface area contributed by atoms with Crippen LogP contribution in [-0.2, 0) is 6.18 Å². The highest BCUT2D eigenvalue weighted by atomic mass is 19.4. The van der Waals surface area contributed by atoms with E-state index in [1.807, 2.05) is 0 Å². The van der Waals surface area contributed by atoms with E-state index in [1.165, 1.54) is 29.2 Å². The van der Waals surface area contributed by atoms with Gasteiger partial charge >= 0.3 is 12.3 Å². The maximum atomic E-state index is 12.5. The average molecular weight is 382 g/mol. The zero-order valence-corrected chi connectivity index (χ0v) is 14.1. The molecule has 1 fully saturated rings. The summed E-state index contributed by atoms with van der Waals surface area (Å²) in [5.74, 6) is 0.623. The number of hydrogen-bond acceptors (Lipinski definition) is 5. The van der Waals surface area contributed by atoms with Crippen LogP contribution in [0.1, 0.15) is 18.4 Å². The van der Waals surface area contributed by atoms with E-state index in [1.54, 1.807) is 0 Å². The third-order valence-electron chi connectivity index (χ3n) is 3.97. The minimum Gasteiger partial charge on any atom is -0.439 e. The summed E-state index contributed by atoms with van der Waals surface area (Å²) in [6.07, 6.45) is -3.48. The predicted octanol–water partition coefficient (Wildman–Crippen LogP) is 3.85. The van der Waals surface area contributed by atoms with Crippen molar-refractivity contribution in [3.8, 4) is 17.4 Å². The molecule has 1 unspecified atom stereocenters. The van der Waals surface area contributed by atoms with Gasteiger partial charge in [0.1, 0.15) is 11.5 Å². The van der Waals surface area contributed by atoms with Crippen molar-refractivity contribution in [3.05, 3.63) is 48.2 Å².